The molecule has 1 fully saturated rings. The van der Waals surface area contributed by atoms with E-state index in [1.54, 1.807) is 12.1 Å². The molecule has 1 aromatic carbocycles. The van der Waals surface area contributed by atoms with Gasteiger partial charge in [-0.1, -0.05) is 0 Å². The van der Waals surface area contributed by atoms with Crippen molar-refractivity contribution in [3.63, 3.8) is 0 Å². The van der Waals surface area contributed by atoms with Crippen LogP contribution in [0.25, 0.3) is 0 Å². The van der Waals surface area contributed by atoms with E-state index in [-0.39, 0.29) is 11.7 Å². The van der Waals surface area contributed by atoms with Crippen molar-refractivity contribution in [3.8, 4) is 0 Å². The molecule has 25 heavy (non-hydrogen) atoms. The van der Waals surface area contributed by atoms with Crippen LogP contribution in [-0.4, -0.2) is 56.7 Å². The molecule has 1 atom stereocenters. The van der Waals surface area contributed by atoms with Gasteiger partial charge in [0.2, 0.25) is 0 Å². The molecular weight excluding hydrogens is 323 g/mol. The average molecular weight is 347 g/mol. The first-order valence-corrected chi connectivity index (χ1v) is 8.63. The standard InChI is InChI=1S/C18H23FN4O2/c1-13(20-7-8-22-9-11-25-12-10-22)17-14(2)21-23(18(17)24)16-5-3-15(19)4-6-16/h3-6,17H,7-12H2,1-2H3/p+1/t17-/m1/s1. The topological polar surface area (TPSA) is 58.7 Å². The van der Waals surface area contributed by atoms with E-state index >= 15 is 0 Å². The number of quaternary nitrogens is 1. The number of hydrogen-bond donors (Lipinski definition) is 1. The second-order valence-electron chi connectivity index (χ2n) is 6.44. The molecule has 1 N–H and O–H groups in total. The lowest BCUT2D eigenvalue weighted by atomic mass is 9.99. The number of nitrogens with zero attached hydrogens (tertiary/aromatic N) is 3. The fourth-order valence-corrected chi connectivity index (χ4v) is 3.21. The SMILES string of the molecule is CC(=NCC[NH+]1CCOCC1)[C@H]1C(=O)N(c2ccc(F)cc2)N=C1C. The molecule has 0 aliphatic carbocycles. The zero-order valence-corrected chi connectivity index (χ0v) is 14.7. The molecule has 2 heterocycles. The molecular formula is C18H24FN4O2+. The maximum atomic E-state index is 13.1. The number of carbonyl (C=O) groups excluding carboxylic acids is 1. The van der Waals surface area contributed by atoms with E-state index in [4.69, 9.17) is 4.74 Å². The molecule has 0 spiro atoms. The largest absolute Gasteiger partial charge is 0.370 e. The second-order valence-corrected chi connectivity index (χ2v) is 6.44. The fraction of sp³-hybridized carbons (Fsp3) is 0.500. The molecule has 0 aromatic heterocycles. The smallest absolute Gasteiger partial charge is 0.261 e. The van der Waals surface area contributed by atoms with Crippen molar-refractivity contribution in [3.05, 3.63) is 30.1 Å². The van der Waals surface area contributed by atoms with E-state index in [2.05, 4.69) is 10.1 Å². The van der Waals surface area contributed by atoms with E-state index < -0.39 is 5.92 Å². The number of nitrogens with one attached hydrogen (secondary N) is 1. The normalized spacial score (nSPS) is 22.4. The van der Waals surface area contributed by atoms with Crippen molar-refractivity contribution >= 4 is 23.0 Å². The number of hydrogen-bond acceptors (Lipinski definition) is 4. The zero-order chi connectivity index (χ0) is 17.8. The predicted molar refractivity (Wildman–Crippen MR) is 94.8 cm³/mol. The molecule has 6 nitrogen and oxygen atoms in total. The Balaban J connectivity index is 1.63. The molecule has 2 aliphatic heterocycles. The number of halogens is 1. The maximum Gasteiger partial charge on any atom is 0.261 e. The third-order valence-corrected chi connectivity index (χ3v) is 4.65. The van der Waals surface area contributed by atoms with Crippen molar-refractivity contribution in [2.75, 3.05) is 44.4 Å². The minimum Gasteiger partial charge on any atom is -0.370 e. The van der Waals surface area contributed by atoms with E-state index in [1.807, 2.05) is 13.8 Å². The molecule has 0 bridgehead atoms. The molecule has 1 saturated heterocycles. The van der Waals surface area contributed by atoms with Crippen LogP contribution in [0.1, 0.15) is 13.8 Å². The van der Waals surface area contributed by atoms with E-state index in [0.29, 0.717) is 17.9 Å². The Hall–Kier alpha value is -2.12. The summed E-state index contributed by atoms with van der Waals surface area (Å²) in [6, 6.07) is 5.76. The van der Waals surface area contributed by atoms with Gasteiger partial charge in [0.25, 0.3) is 5.91 Å². The first kappa shape index (κ1) is 17.7. The Bertz CT molecular complexity index is 681. The van der Waals surface area contributed by atoms with Crippen molar-refractivity contribution in [1.82, 2.24) is 0 Å². The first-order valence-electron chi connectivity index (χ1n) is 8.63. The minimum atomic E-state index is -0.426. The highest BCUT2D eigenvalue weighted by Gasteiger charge is 2.36. The van der Waals surface area contributed by atoms with Gasteiger partial charge in [0, 0.05) is 5.71 Å². The summed E-state index contributed by atoms with van der Waals surface area (Å²) in [4.78, 5) is 18.8. The Kier molecular flexibility index (Phi) is 5.55. The lowest BCUT2D eigenvalue weighted by molar-refractivity contribution is -0.906. The number of hydrazone groups is 1. The number of aliphatic imine (C=N–C) groups is 1. The van der Waals surface area contributed by atoms with Crippen LogP contribution in [0.5, 0.6) is 0 Å². The van der Waals surface area contributed by atoms with Gasteiger partial charge >= 0.3 is 0 Å². The molecule has 3 rings (SSSR count). The second kappa shape index (κ2) is 7.84. The molecule has 1 amide bonds. The summed E-state index contributed by atoms with van der Waals surface area (Å²) in [6.07, 6.45) is 0. The van der Waals surface area contributed by atoms with Crippen LogP contribution >= 0.6 is 0 Å². The number of morpholine rings is 1. The molecule has 2 aliphatic rings. The Morgan fingerprint density at radius 2 is 2.04 bits per heavy atom. The number of benzene rings is 1. The van der Waals surface area contributed by atoms with E-state index in [9.17, 15) is 9.18 Å². The summed E-state index contributed by atoms with van der Waals surface area (Å²) in [6.45, 7) is 8.97. The highest BCUT2D eigenvalue weighted by molar-refractivity contribution is 6.27. The fourth-order valence-electron chi connectivity index (χ4n) is 3.21. The van der Waals surface area contributed by atoms with Crippen LogP contribution in [-0.2, 0) is 9.53 Å². The van der Waals surface area contributed by atoms with Gasteiger partial charge in [-0.05, 0) is 38.1 Å². The summed E-state index contributed by atoms with van der Waals surface area (Å²) in [7, 11) is 0. The summed E-state index contributed by atoms with van der Waals surface area (Å²) in [5.74, 6) is -0.898. The quantitative estimate of drug-likeness (QED) is 0.791. The van der Waals surface area contributed by atoms with E-state index in [1.165, 1.54) is 22.0 Å². The van der Waals surface area contributed by atoms with Crippen LogP contribution in [0, 0.1) is 11.7 Å². The highest BCUT2D eigenvalue weighted by Crippen LogP contribution is 2.25. The van der Waals surface area contributed by atoms with Crippen molar-refractivity contribution in [1.29, 1.82) is 0 Å². The summed E-state index contributed by atoms with van der Waals surface area (Å²) < 4.78 is 18.4. The molecule has 134 valence electrons. The molecule has 0 saturated carbocycles. The Morgan fingerprint density at radius 1 is 1.36 bits per heavy atom. The Labute approximate surface area is 147 Å². The van der Waals surface area contributed by atoms with E-state index in [0.717, 1.165) is 38.6 Å². The Morgan fingerprint density at radius 3 is 2.72 bits per heavy atom. The predicted octanol–water partition coefficient (Wildman–Crippen LogP) is 0.540. The third-order valence-electron chi connectivity index (χ3n) is 4.65. The van der Waals surface area contributed by atoms with Gasteiger partial charge in [-0.3, -0.25) is 9.79 Å². The van der Waals surface area contributed by atoms with Crippen LogP contribution in [0.2, 0.25) is 0 Å². The highest BCUT2D eigenvalue weighted by atomic mass is 19.1. The number of anilines is 1. The van der Waals surface area contributed by atoms with Gasteiger partial charge in [-0.15, -0.1) is 0 Å². The summed E-state index contributed by atoms with van der Waals surface area (Å²) in [5, 5.41) is 5.68. The molecule has 7 heteroatoms. The molecule has 1 aromatic rings. The maximum absolute atomic E-state index is 13.1. The average Bonchev–Trinajstić information content (AvgIpc) is 2.91. The van der Waals surface area contributed by atoms with Gasteiger partial charge in [0.1, 0.15) is 24.8 Å². The number of amides is 1. The van der Waals surface area contributed by atoms with Gasteiger partial charge in [0.05, 0.1) is 37.7 Å². The van der Waals surface area contributed by atoms with Crippen LogP contribution in [0.15, 0.2) is 34.4 Å². The van der Waals surface area contributed by atoms with Crippen molar-refractivity contribution in [2.24, 2.45) is 16.0 Å². The lowest BCUT2D eigenvalue weighted by Crippen LogP contribution is -3.14. The first-order chi connectivity index (χ1) is 12.1. The van der Waals surface area contributed by atoms with Gasteiger partial charge in [-0.25, -0.2) is 4.39 Å². The van der Waals surface area contributed by atoms with Crippen molar-refractivity contribution in [2.45, 2.75) is 13.8 Å². The number of ether oxygens (including phenoxy) is 1. The number of rotatable bonds is 5. The number of carbonyl (C=O) groups is 1. The summed E-state index contributed by atoms with van der Waals surface area (Å²) >= 11 is 0. The minimum absolute atomic E-state index is 0.135. The van der Waals surface area contributed by atoms with Crippen LogP contribution < -0.4 is 9.91 Å². The molecule has 0 unspecified atom stereocenters. The van der Waals surface area contributed by atoms with Crippen LogP contribution in [0.4, 0.5) is 10.1 Å². The third kappa shape index (κ3) is 4.11. The van der Waals surface area contributed by atoms with Crippen molar-refractivity contribution < 1.29 is 18.8 Å². The van der Waals surface area contributed by atoms with Crippen LogP contribution in [0.3, 0.4) is 0 Å². The summed E-state index contributed by atoms with van der Waals surface area (Å²) in [5.41, 5.74) is 2.07. The monoisotopic (exact) mass is 347 g/mol. The van der Waals surface area contributed by atoms with Gasteiger partial charge < -0.3 is 9.64 Å². The van der Waals surface area contributed by atoms with Gasteiger partial charge in [0.15, 0.2) is 0 Å². The lowest BCUT2D eigenvalue weighted by Gasteiger charge is -2.23. The molecule has 0 radical (unpaired) electrons. The zero-order valence-electron chi connectivity index (χ0n) is 14.7. The van der Waals surface area contributed by atoms with Gasteiger partial charge in [-0.2, -0.15) is 10.1 Å².